The van der Waals surface area contributed by atoms with Crippen molar-refractivity contribution < 1.29 is 14.3 Å². The second-order valence-electron chi connectivity index (χ2n) is 6.69. The summed E-state index contributed by atoms with van der Waals surface area (Å²) in [6.07, 6.45) is 1.67. The van der Waals surface area contributed by atoms with Crippen LogP contribution in [0.25, 0.3) is 10.2 Å². The van der Waals surface area contributed by atoms with Crippen molar-refractivity contribution in [3.63, 3.8) is 0 Å². The molecule has 0 spiro atoms. The number of likely N-dealkylation sites (N-methyl/N-ethyl adjacent to an activating group) is 1. The molecule has 0 aliphatic carbocycles. The first-order chi connectivity index (χ1) is 13.5. The van der Waals surface area contributed by atoms with Crippen molar-refractivity contribution in [2.75, 3.05) is 18.6 Å². The van der Waals surface area contributed by atoms with Gasteiger partial charge in [0.1, 0.15) is 15.5 Å². The predicted octanol–water partition coefficient (Wildman–Crippen LogP) is 2.53. The van der Waals surface area contributed by atoms with Gasteiger partial charge in [-0.1, -0.05) is 18.2 Å². The van der Waals surface area contributed by atoms with Crippen LogP contribution in [0.15, 0.2) is 35.1 Å². The zero-order valence-electron chi connectivity index (χ0n) is 15.6. The van der Waals surface area contributed by atoms with Crippen LogP contribution < -0.4 is 10.5 Å². The van der Waals surface area contributed by atoms with E-state index in [1.165, 1.54) is 4.90 Å². The van der Waals surface area contributed by atoms with Crippen LogP contribution in [0.2, 0.25) is 0 Å². The number of thiophene rings is 1. The van der Waals surface area contributed by atoms with E-state index in [4.69, 9.17) is 4.74 Å². The van der Waals surface area contributed by atoms with Crippen LogP contribution in [0.1, 0.15) is 27.5 Å². The number of para-hydroxylation sites is 1. The summed E-state index contributed by atoms with van der Waals surface area (Å²) in [5, 5.41) is 0.468. The molecule has 144 valence electrons. The first kappa shape index (κ1) is 18.4. The molecule has 8 heteroatoms. The summed E-state index contributed by atoms with van der Waals surface area (Å²) in [4.78, 5) is 44.4. The SMILES string of the molecule is Cc1c(C(=O)OCC(=O)N(C)c2ccccc2)sc2nc3n(c(=O)c12)CCC3. The number of ether oxygens (including phenoxy) is 1. The van der Waals surface area contributed by atoms with Gasteiger partial charge in [0.05, 0.1) is 5.39 Å². The molecule has 1 aliphatic heterocycles. The van der Waals surface area contributed by atoms with E-state index in [0.29, 0.717) is 32.9 Å². The molecule has 0 bridgehead atoms. The van der Waals surface area contributed by atoms with Gasteiger partial charge in [-0.25, -0.2) is 9.78 Å². The Labute approximate surface area is 165 Å². The third kappa shape index (κ3) is 3.09. The Balaban J connectivity index is 1.53. The van der Waals surface area contributed by atoms with Crippen molar-refractivity contribution in [1.29, 1.82) is 0 Å². The van der Waals surface area contributed by atoms with Crippen molar-refractivity contribution in [3.05, 3.63) is 57.0 Å². The van der Waals surface area contributed by atoms with Gasteiger partial charge in [-0.05, 0) is 31.0 Å². The van der Waals surface area contributed by atoms with E-state index < -0.39 is 5.97 Å². The Hall–Kier alpha value is -3.00. The largest absolute Gasteiger partial charge is 0.451 e. The highest BCUT2D eigenvalue weighted by molar-refractivity contribution is 7.20. The van der Waals surface area contributed by atoms with Crippen molar-refractivity contribution >= 4 is 39.1 Å². The number of carbonyl (C=O) groups excluding carboxylic acids is 2. The Morgan fingerprint density at radius 2 is 2.04 bits per heavy atom. The molecule has 0 N–H and O–H groups in total. The molecule has 1 aliphatic rings. The van der Waals surface area contributed by atoms with Crippen LogP contribution in [0.5, 0.6) is 0 Å². The van der Waals surface area contributed by atoms with Gasteiger partial charge in [0.2, 0.25) is 0 Å². The fraction of sp³-hybridized carbons (Fsp3) is 0.300. The van der Waals surface area contributed by atoms with Crippen LogP contribution >= 0.6 is 11.3 Å². The zero-order chi connectivity index (χ0) is 19.8. The molecule has 7 nitrogen and oxygen atoms in total. The summed E-state index contributed by atoms with van der Waals surface area (Å²) in [5.74, 6) is -0.186. The predicted molar refractivity (Wildman–Crippen MR) is 107 cm³/mol. The lowest BCUT2D eigenvalue weighted by Gasteiger charge is -2.16. The van der Waals surface area contributed by atoms with Crippen LogP contribution in [0, 0.1) is 6.92 Å². The number of amides is 1. The summed E-state index contributed by atoms with van der Waals surface area (Å²) >= 11 is 1.14. The number of hydrogen-bond donors (Lipinski definition) is 0. The van der Waals surface area contributed by atoms with Gasteiger partial charge in [-0.15, -0.1) is 11.3 Å². The second kappa shape index (κ2) is 7.20. The average Bonchev–Trinajstić information content (AvgIpc) is 3.31. The molecular weight excluding hydrogens is 378 g/mol. The van der Waals surface area contributed by atoms with E-state index in [0.717, 1.165) is 30.0 Å². The maximum absolute atomic E-state index is 12.7. The van der Waals surface area contributed by atoms with E-state index >= 15 is 0 Å². The van der Waals surface area contributed by atoms with Crippen LogP contribution in [0.4, 0.5) is 5.69 Å². The summed E-state index contributed by atoms with van der Waals surface area (Å²) in [7, 11) is 1.63. The Bertz CT molecular complexity index is 1130. The lowest BCUT2D eigenvalue weighted by atomic mass is 10.2. The lowest BCUT2D eigenvalue weighted by Crippen LogP contribution is -2.31. The van der Waals surface area contributed by atoms with Gasteiger partial charge in [0, 0.05) is 25.7 Å². The van der Waals surface area contributed by atoms with Gasteiger partial charge >= 0.3 is 5.97 Å². The molecule has 0 atom stereocenters. The van der Waals surface area contributed by atoms with Crippen LogP contribution in [-0.2, 0) is 22.5 Å². The fourth-order valence-electron chi connectivity index (χ4n) is 3.36. The molecule has 2 aromatic heterocycles. The Kier molecular flexibility index (Phi) is 4.72. The average molecular weight is 397 g/mol. The van der Waals surface area contributed by atoms with Gasteiger partial charge in [-0.3, -0.25) is 14.2 Å². The molecule has 28 heavy (non-hydrogen) atoms. The molecule has 3 heterocycles. The van der Waals surface area contributed by atoms with Gasteiger partial charge < -0.3 is 9.64 Å². The monoisotopic (exact) mass is 397 g/mol. The third-order valence-corrected chi connectivity index (χ3v) is 6.11. The number of carbonyl (C=O) groups is 2. The zero-order valence-corrected chi connectivity index (χ0v) is 16.4. The lowest BCUT2D eigenvalue weighted by molar-refractivity contribution is -0.121. The highest BCUT2D eigenvalue weighted by Crippen LogP contribution is 2.29. The van der Waals surface area contributed by atoms with Gasteiger partial charge in [-0.2, -0.15) is 0 Å². The van der Waals surface area contributed by atoms with Gasteiger partial charge in [0.25, 0.3) is 11.5 Å². The number of aromatic nitrogens is 2. The fourth-order valence-corrected chi connectivity index (χ4v) is 4.44. The minimum atomic E-state index is -0.611. The normalized spacial score (nSPS) is 12.8. The molecule has 3 aromatic rings. The number of nitrogens with zero attached hydrogens (tertiary/aromatic N) is 3. The molecule has 0 fully saturated rings. The van der Waals surface area contributed by atoms with E-state index in [1.54, 1.807) is 30.7 Å². The van der Waals surface area contributed by atoms with Crippen molar-refractivity contribution in [3.8, 4) is 0 Å². The standard InChI is InChI=1S/C20H19N3O4S/c1-12-16-18(21-14-9-6-10-23(14)19(16)25)28-17(12)20(26)27-11-15(24)22(2)13-7-4-3-5-8-13/h3-5,7-8H,6,9-11H2,1-2H3. The quantitative estimate of drug-likeness (QED) is 0.632. The first-order valence-electron chi connectivity index (χ1n) is 8.99. The number of aryl methyl sites for hydroxylation is 2. The molecule has 0 unspecified atom stereocenters. The molecule has 4 rings (SSSR count). The molecular formula is C20H19N3O4S. The number of anilines is 1. The van der Waals surface area contributed by atoms with E-state index in [9.17, 15) is 14.4 Å². The van der Waals surface area contributed by atoms with E-state index in [2.05, 4.69) is 4.98 Å². The maximum atomic E-state index is 12.7. The van der Waals surface area contributed by atoms with Gasteiger partial charge in [0.15, 0.2) is 6.61 Å². The topological polar surface area (TPSA) is 81.5 Å². The minimum absolute atomic E-state index is 0.106. The molecule has 0 radical (unpaired) electrons. The highest BCUT2D eigenvalue weighted by Gasteiger charge is 2.24. The summed E-state index contributed by atoms with van der Waals surface area (Å²) in [6.45, 7) is 2.01. The number of fused-ring (bicyclic) bond motifs is 2. The minimum Gasteiger partial charge on any atom is -0.451 e. The Morgan fingerprint density at radius 1 is 1.29 bits per heavy atom. The summed E-state index contributed by atoms with van der Waals surface area (Å²) < 4.78 is 6.90. The number of esters is 1. The molecule has 1 aromatic carbocycles. The van der Waals surface area contributed by atoms with E-state index in [1.807, 2.05) is 18.2 Å². The number of benzene rings is 1. The number of hydrogen-bond acceptors (Lipinski definition) is 6. The van der Waals surface area contributed by atoms with Crippen molar-refractivity contribution in [1.82, 2.24) is 9.55 Å². The Morgan fingerprint density at radius 3 is 2.79 bits per heavy atom. The maximum Gasteiger partial charge on any atom is 0.349 e. The first-order valence-corrected chi connectivity index (χ1v) is 9.80. The molecule has 1 amide bonds. The van der Waals surface area contributed by atoms with Crippen LogP contribution in [-0.4, -0.2) is 35.1 Å². The molecule has 0 saturated heterocycles. The van der Waals surface area contributed by atoms with Crippen molar-refractivity contribution in [2.24, 2.45) is 0 Å². The smallest absolute Gasteiger partial charge is 0.349 e. The van der Waals surface area contributed by atoms with Crippen molar-refractivity contribution in [2.45, 2.75) is 26.3 Å². The van der Waals surface area contributed by atoms with E-state index in [-0.39, 0.29) is 18.1 Å². The van der Waals surface area contributed by atoms with Crippen LogP contribution in [0.3, 0.4) is 0 Å². The summed E-state index contributed by atoms with van der Waals surface area (Å²) in [6, 6.07) is 9.12. The summed E-state index contributed by atoms with van der Waals surface area (Å²) in [5.41, 5.74) is 1.17. The number of rotatable bonds is 4. The third-order valence-electron chi connectivity index (χ3n) is 4.94. The highest BCUT2D eigenvalue weighted by atomic mass is 32.1. The second-order valence-corrected chi connectivity index (χ2v) is 7.69. The molecule has 0 saturated carbocycles.